The van der Waals surface area contributed by atoms with E-state index in [1.165, 1.54) is 27.0 Å². The van der Waals surface area contributed by atoms with Gasteiger partial charge in [0.1, 0.15) is 54.2 Å². The summed E-state index contributed by atoms with van der Waals surface area (Å²) in [5.41, 5.74) is 9.32. The molecule has 7 heterocycles. The predicted molar refractivity (Wildman–Crippen MR) is 296 cm³/mol. The van der Waals surface area contributed by atoms with Crippen molar-refractivity contribution in [1.82, 2.24) is 55.7 Å². The average Bonchev–Trinajstić information content (AvgIpc) is 4.37. The van der Waals surface area contributed by atoms with Gasteiger partial charge in [0.05, 0.1) is 58.0 Å². The van der Waals surface area contributed by atoms with Crippen LogP contribution in [0, 0.1) is 30.5 Å². The Morgan fingerprint density at radius 1 is 1.01 bits per heavy atom. The van der Waals surface area contributed by atoms with Gasteiger partial charge in [0.25, 0.3) is 0 Å². The number of halogens is 1. The Bertz CT molecular complexity index is 3680. The van der Waals surface area contributed by atoms with Gasteiger partial charge >= 0.3 is 6.01 Å². The van der Waals surface area contributed by atoms with E-state index < -0.39 is 42.7 Å². The van der Waals surface area contributed by atoms with Crippen LogP contribution in [-0.4, -0.2) is 143 Å². The lowest BCUT2D eigenvalue weighted by atomic mass is 9.88. The number of nitrogens with zero attached hydrogens (tertiary/aromatic N) is 9. The largest absolute Gasteiger partial charge is 0.486 e. The van der Waals surface area contributed by atoms with Crippen molar-refractivity contribution in [3.63, 3.8) is 0 Å². The molecule has 4 aromatic carbocycles. The number of likely N-dealkylation sites (tertiary alicyclic amines) is 1. The number of fused-ring (bicyclic) bond motifs is 5. The molecule has 7 atom stereocenters. The van der Waals surface area contributed by atoms with Crippen LogP contribution in [0.1, 0.15) is 80.7 Å². The molecule has 8 aromatic rings. The summed E-state index contributed by atoms with van der Waals surface area (Å²) in [4.78, 5) is 46.8. The fourth-order valence-corrected chi connectivity index (χ4v) is 12.1. The first-order chi connectivity index (χ1) is 38.3. The lowest BCUT2D eigenvalue weighted by Crippen LogP contribution is -2.51. The molecule has 0 unspecified atom stereocenters. The summed E-state index contributed by atoms with van der Waals surface area (Å²) in [6.45, 7) is 8.95. The molecule has 5 N–H and O–H groups in total. The number of hydrogen-bond donors (Lipinski definition) is 5. The molecule has 2 bridgehead atoms. The van der Waals surface area contributed by atoms with Crippen LogP contribution in [-0.2, 0) is 20.9 Å². The molecule has 19 nitrogen and oxygen atoms in total. The molecule has 12 rings (SSSR count). The van der Waals surface area contributed by atoms with E-state index in [0.29, 0.717) is 45.2 Å². The minimum atomic E-state index is -1.01. The van der Waals surface area contributed by atoms with Crippen molar-refractivity contribution < 1.29 is 38.4 Å². The normalized spacial score (nSPS) is 20.1. The Kier molecular flexibility index (Phi) is 14.2. The third-order valence-electron chi connectivity index (χ3n) is 15.7. The van der Waals surface area contributed by atoms with Crippen LogP contribution in [0.3, 0.4) is 0 Å². The van der Waals surface area contributed by atoms with Crippen molar-refractivity contribution in [3.05, 3.63) is 101 Å². The minimum absolute atomic E-state index is 0.0166. The van der Waals surface area contributed by atoms with Gasteiger partial charge in [-0.3, -0.25) is 14.7 Å². The number of rotatable bonds is 17. The summed E-state index contributed by atoms with van der Waals surface area (Å²) in [5, 5.41) is 45.4. The molecule has 21 heteroatoms. The van der Waals surface area contributed by atoms with Crippen LogP contribution in [0.5, 0.6) is 11.8 Å². The zero-order valence-corrected chi connectivity index (χ0v) is 45.3. The van der Waals surface area contributed by atoms with Crippen LogP contribution < -0.4 is 25.0 Å². The van der Waals surface area contributed by atoms with Gasteiger partial charge in [-0.05, 0) is 85.9 Å². The number of piperazine rings is 1. The molecule has 4 aromatic heterocycles. The Morgan fingerprint density at radius 3 is 2.59 bits per heavy atom. The van der Waals surface area contributed by atoms with E-state index in [1.54, 1.807) is 31.9 Å². The van der Waals surface area contributed by atoms with Crippen molar-refractivity contribution in [3.8, 4) is 46.0 Å². The summed E-state index contributed by atoms with van der Waals surface area (Å²) in [5.74, 6) is 5.88. The number of aliphatic hydroxyl groups is 2. The number of para-hydroxylation sites is 1. The van der Waals surface area contributed by atoms with Gasteiger partial charge in [-0.1, -0.05) is 61.2 Å². The molecule has 2 amide bonds. The van der Waals surface area contributed by atoms with Gasteiger partial charge in [-0.25, -0.2) is 14.1 Å². The van der Waals surface area contributed by atoms with Gasteiger partial charge in [-0.2, -0.15) is 15.1 Å². The molecule has 79 heavy (non-hydrogen) atoms. The zero-order valence-electron chi connectivity index (χ0n) is 44.4. The van der Waals surface area contributed by atoms with Crippen LogP contribution in [0.2, 0.25) is 0 Å². The second kappa shape index (κ2) is 21.6. The number of aromatic nitrogens is 8. The highest BCUT2D eigenvalue weighted by Gasteiger charge is 2.44. The Morgan fingerprint density at radius 2 is 1.85 bits per heavy atom. The topological polar surface area (TPSA) is 231 Å². The number of benzene rings is 4. The van der Waals surface area contributed by atoms with Crippen molar-refractivity contribution >= 4 is 61.0 Å². The average molecular weight is 1090 g/mol. The smallest absolute Gasteiger partial charge is 0.319 e. The molecule has 0 spiro atoms. The number of carbonyl (C=O) groups excluding carboxylic acids is 2. The highest BCUT2D eigenvalue weighted by atomic mass is 32.1. The van der Waals surface area contributed by atoms with Crippen LogP contribution in [0.15, 0.2) is 72.5 Å². The van der Waals surface area contributed by atoms with Crippen LogP contribution >= 0.6 is 11.3 Å². The standard InChI is InChI=1S/C58H61FN12O7S/c1-30(2)53(57(75)70-24-40(73)18-47(70)56(74)63-37(26-72)16-15-36-7-6-8-48-51(36)61-29-79-48)71-25-46(67-68-71)35-11-9-33(10-12-35)28-77-54-50(49-32(4)44(59)20-45-43(49)22-62-66-45)41(34-13-14-34)19-42-52(54)64-58(78-27-31(3)76-5)65-55(42)69-23-38-17-39(69)21-60-38/h6-12,19-20,22,25,29-31,34,37-40,47,53,60,72-73H,13-14,17-18,21,23-24,26-28H2,1-5H3,(H,62,66)(H,63,74)/t31-,37+,38-,39-,40+,47-,53-/m0/s1. The summed E-state index contributed by atoms with van der Waals surface area (Å²) in [7, 11) is 1.63. The highest BCUT2D eigenvalue weighted by Crippen LogP contribution is 2.53. The maximum Gasteiger partial charge on any atom is 0.319 e. The fourth-order valence-electron chi connectivity index (χ4n) is 11.4. The fraction of sp³-hybridized carbons (Fsp3) is 0.414. The third-order valence-corrected chi connectivity index (χ3v) is 16.5. The first-order valence-electron chi connectivity index (χ1n) is 26.9. The van der Waals surface area contributed by atoms with Crippen LogP contribution in [0.25, 0.3) is 54.4 Å². The summed E-state index contributed by atoms with van der Waals surface area (Å²) in [6.07, 6.45) is 5.25. The number of carbonyl (C=O) groups is 2. The predicted octanol–water partition coefficient (Wildman–Crippen LogP) is 6.60. The van der Waals surface area contributed by atoms with Gasteiger partial charge in [0.15, 0.2) is 5.75 Å². The molecule has 4 fully saturated rings. The number of nitrogens with one attached hydrogen (secondary N) is 3. The number of hydrogen-bond acceptors (Lipinski definition) is 16. The minimum Gasteiger partial charge on any atom is -0.486 e. The van der Waals surface area contributed by atoms with Crippen molar-refractivity contribution in [2.24, 2.45) is 5.92 Å². The van der Waals surface area contributed by atoms with Crippen molar-refractivity contribution in [2.45, 2.75) is 108 Å². The van der Waals surface area contributed by atoms with E-state index in [1.807, 2.05) is 63.2 Å². The Labute approximate surface area is 458 Å². The van der Waals surface area contributed by atoms with Crippen molar-refractivity contribution in [1.29, 1.82) is 0 Å². The molecule has 4 aliphatic rings. The summed E-state index contributed by atoms with van der Waals surface area (Å²) in [6, 6.07) is 15.0. The maximum absolute atomic E-state index is 16.1. The van der Waals surface area contributed by atoms with Gasteiger partial charge < -0.3 is 44.9 Å². The van der Waals surface area contributed by atoms with E-state index in [0.717, 1.165) is 81.4 Å². The molecule has 1 saturated carbocycles. The molecule has 3 saturated heterocycles. The van der Waals surface area contributed by atoms with E-state index in [4.69, 9.17) is 24.2 Å². The zero-order chi connectivity index (χ0) is 54.6. The maximum atomic E-state index is 16.1. The van der Waals surface area contributed by atoms with E-state index in [9.17, 15) is 19.8 Å². The Hall–Kier alpha value is -7.61. The summed E-state index contributed by atoms with van der Waals surface area (Å²) >= 11 is 1.49. The van der Waals surface area contributed by atoms with E-state index in [-0.39, 0.29) is 62.0 Å². The number of β-amino-alcohol motifs (C(OH)–C–C–N with tert-alkyl or cyclic N) is 1. The highest BCUT2D eigenvalue weighted by molar-refractivity contribution is 7.16. The second-order valence-electron chi connectivity index (χ2n) is 21.5. The number of ether oxygens (including phenoxy) is 3. The molecule has 0 radical (unpaired) electrons. The SMILES string of the molecule is CO[C@@H](C)COc1nc(N2C[C@@H]3C[C@H]2CN3)c2cc(C3CC3)c(-c3c(C)c(F)cc4[nH]ncc34)c(OCc3ccc(-c4cn([C@H](C(=O)N5C[C@H](O)C[C@H]5C(=O)N[C@H](C#Cc5cccc6scnc56)CO)C(C)C)nn4)cc3)c2n1. The first-order valence-corrected chi connectivity index (χ1v) is 27.8. The van der Waals surface area contributed by atoms with Crippen molar-refractivity contribution in [2.75, 3.05) is 44.9 Å². The lowest BCUT2D eigenvalue weighted by molar-refractivity contribution is -0.142. The number of amides is 2. The number of methoxy groups -OCH3 is 1. The summed E-state index contributed by atoms with van der Waals surface area (Å²) < 4.78 is 37.5. The van der Waals surface area contributed by atoms with E-state index in [2.05, 4.69) is 58.9 Å². The number of aliphatic hydroxyl groups excluding tert-OH is 2. The monoisotopic (exact) mass is 1090 g/mol. The molecular weight excluding hydrogens is 1030 g/mol. The lowest BCUT2D eigenvalue weighted by Gasteiger charge is -2.30. The number of aromatic amines is 1. The van der Waals surface area contributed by atoms with Crippen LogP contribution in [0.4, 0.5) is 10.2 Å². The van der Waals surface area contributed by atoms with Gasteiger partial charge in [-0.15, -0.1) is 16.4 Å². The number of thiazole rings is 1. The number of anilines is 1. The third kappa shape index (κ3) is 10.1. The second-order valence-corrected chi connectivity index (χ2v) is 22.4. The Balaban J connectivity index is 0.829. The molecule has 1 aliphatic carbocycles. The van der Waals surface area contributed by atoms with E-state index >= 15 is 4.39 Å². The van der Waals surface area contributed by atoms with Gasteiger partial charge in [0.2, 0.25) is 11.8 Å². The first kappa shape index (κ1) is 52.1. The van der Waals surface area contributed by atoms with Gasteiger partial charge in [0, 0.05) is 72.7 Å². The number of H-pyrrole nitrogens is 1. The molecule has 408 valence electrons. The quantitative estimate of drug-likeness (QED) is 0.0605. The molecule has 3 aliphatic heterocycles. The molecular formula is C58H61FN12O7S.